The Kier molecular flexibility index (Phi) is 15.4. The average Bonchev–Trinajstić information content (AvgIpc) is 3.40. The zero-order valence-corrected chi connectivity index (χ0v) is 49.5. The van der Waals surface area contributed by atoms with Gasteiger partial charge >= 0.3 is 5.97 Å². The summed E-state index contributed by atoms with van der Waals surface area (Å²) in [5, 5.41) is 16.5. The second-order valence-electron chi connectivity index (χ2n) is 24.3. The lowest BCUT2D eigenvalue weighted by Gasteiger charge is -2.28. The molecular formula is C68H72O6S3. The van der Waals surface area contributed by atoms with Crippen molar-refractivity contribution in [3.8, 4) is 23.0 Å². The van der Waals surface area contributed by atoms with Gasteiger partial charge < -0.3 is 24.1 Å². The minimum atomic E-state index is -1.53. The molecule has 0 unspecified atom stereocenters. The molecule has 398 valence electrons. The topological polar surface area (TPSA) is 74.2 Å². The molecule has 0 aliphatic rings. The van der Waals surface area contributed by atoms with Crippen LogP contribution in [0.4, 0.5) is 0 Å². The van der Waals surface area contributed by atoms with Crippen LogP contribution in [0, 0.1) is 0 Å². The number of carbonyl (C=O) groups excluding carboxylic acids is 1. The summed E-state index contributed by atoms with van der Waals surface area (Å²) in [5.41, 5.74) is 4.12. The fourth-order valence-corrected chi connectivity index (χ4v) is 12.7. The minimum Gasteiger partial charge on any atom is -0.506 e. The van der Waals surface area contributed by atoms with Gasteiger partial charge in [-0.3, -0.25) is 0 Å². The summed E-state index contributed by atoms with van der Waals surface area (Å²) in [6.45, 7) is 28.9. The number of hydrogen-bond acceptors (Lipinski definition) is 9. The number of aromatic hydroxyl groups is 1. The number of benzene rings is 8. The van der Waals surface area contributed by atoms with E-state index in [0.717, 1.165) is 63.6 Å². The van der Waals surface area contributed by atoms with E-state index in [4.69, 9.17) is 18.9 Å². The molecule has 0 fully saturated rings. The van der Waals surface area contributed by atoms with Crippen molar-refractivity contribution in [1.82, 2.24) is 0 Å². The maximum absolute atomic E-state index is 15.5. The molecule has 0 saturated heterocycles. The molecule has 0 radical (unpaired) electrons. The van der Waals surface area contributed by atoms with Gasteiger partial charge in [-0.05, 0) is 121 Å². The number of ether oxygens (including phenoxy) is 4. The third kappa shape index (κ3) is 11.8. The predicted octanol–water partition coefficient (Wildman–Crippen LogP) is 19.4. The number of hydrogen-bond donors (Lipinski definition) is 1. The quantitative estimate of drug-likeness (QED) is 0.109. The van der Waals surface area contributed by atoms with Gasteiger partial charge in [0.15, 0.2) is 17.1 Å². The van der Waals surface area contributed by atoms with Crippen LogP contribution in [-0.4, -0.2) is 18.2 Å². The van der Waals surface area contributed by atoms with Crippen molar-refractivity contribution in [3.63, 3.8) is 0 Å². The van der Waals surface area contributed by atoms with Crippen LogP contribution in [0.3, 0.4) is 0 Å². The second-order valence-corrected chi connectivity index (χ2v) is 27.6. The number of rotatable bonds is 10. The van der Waals surface area contributed by atoms with Crippen LogP contribution in [0.15, 0.2) is 152 Å². The first-order valence-corrected chi connectivity index (χ1v) is 28.8. The van der Waals surface area contributed by atoms with Crippen molar-refractivity contribution in [2.24, 2.45) is 0 Å². The highest BCUT2D eigenvalue weighted by molar-refractivity contribution is 7.26. The number of esters is 1. The fraction of sp³-hybridized carbons (Fsp3) is 0.309. The first kappa shape index (κ1) is 55.3. The molecule has 1 aromatic heterocycles. The van der Waals surface area contributed by atoms with E-state index >= 15 is 4.79 Å². The van der Waals surface area contributed by atoms with Gasteiger partial charge in [0.2, 0.25) is 0 Å². The van der Waals surface area contributed by atoms with E-state index < -0.39 is 11.6 Å². The lowest BCUT2D eigenvalue weighted by atomic mass is 9.84. The second kappa shape index (κ2) is 21.4. The van der Waals surface area contributed by atoms with Crippen molar-refractivity contribution in [2.75, 3.05) is 7.11 Å². The zero-order chi connectivity index (χ0) is 55.2. The highest BCUT2D eigenvalue weighted by Crippen LogP contribution is 2.49. The summed E-state index contributed by atoms with van der Waals surface area (Å²) >= 11 is 4.53. The summed E-state index contributed by atoms with van der Waals surface area (Å²) in [4.78, 5) is 15.5. The molecule has 0 spiro atoms. The van der Waals surface area contributed by atoms with E-state index in [1.807, 2.05) is 78.9 Å². The summed E-state index contributed by atoms with van der Waals surface area (Å²) in [6.07, 6.45) is 0. The maximum atomic E-state index is 15.5. The monoisotopic (exact) mass is 1080 g/mol. The molecule has 0 amide bonds. The van der Waals surface area contributed by atoms with Crippen molar-refractivity contribution in [3.05, 3.63) is 191 Å². The van der Waals surface area contributed by atoms with Crippen molar-refractivity contribution in [2.45, 2.75) is 130 Å². The van der Waals surface area contributed by atoms with E-state index in [-0.39, 0.29) is 27.4 Å². The summed E-state index contributed by atoms with van der Waals surface area (Å²) in [6, 6.07) is 51.8. The summed E-state index contributed by atoms with van der Waals surface area (Å²) < 4.78 is 32.3. The largest absolute Gasteiger partial charge is 0.506 e. The lowest BCUT2D eigenvalue weighted by Crippen LogP contribution is -2.38. The van der Waals surface area contributed by atoms with Crippen LogP contribution in [-0.2, 0) is 50.0 Å². The van der Waals surface area contributed by atoms with Gasteiger partial charge in [0.1, 0.15) is 24.7 Å². The van der Waals surface area contributed by atoms with Crippen LogP contribution in [0.2, 0.25) is 0 Å². The first-order valence-electron chi connectivity index (χ1n) is 26.4. The van der Waals surface area contributed by atoms with E-state index in [0.29, 0.717) is 55.5 Å². The summed E-state index contributed by atoms with van der Waals surface area (Å²) in [7, 11) is 1.56. The minimum absolute atomic E-state index is 0.0945. The van der Waals surface area contributed by atoms with Gasteiger partial charge in [-0.1, -0.05) is 186 Å². The number of carbonyl (C=O) groups is 1. The Morgan fingerprint density at radius 1 is 0.429 bits per heavy atom. The molecule has 0 aliphatic heterocycles. The molecule has 8 aromatic carbocycles. The van der Waals surface area contributed by atoms with Crippen molar-refractivity contribution in [1.29, 1.82) is 0 Å². The van der Waals surface area contributed by atoms with E-state index in [1.165, 1.54) is 22.7 Å². The smallest absolute Gasteiger partial charge is 0.348 e. The zero-order valence-electron chi connectivity index (χ0n) is 47.1. The van der Waals surface area contributed by atoms with Crippen LogP contribution >= 0.6 is 34.0 Å². The molecule has 1 atom stereocenters. The molecule has 1 heterocycles. The average molecular weight is 1080 g/mol. The normalized spacial score (nSPS) is 13.2. The van der Waals surface area contributed by atoms with E-state index in [9.17, 15) is 5.11 Å². The lowest BCUT2D eigenvalue weighted by molar-refractivity contribution is -0.157. The van der Waals surface area contributed by atoms with Gasteiger partial charge in [0, 0.05) is 23.4 Å². The third-order valence-electron chi connectivity index (χ3n) is 14.3. The van der Waals surface area contributed by atoms with Gasteiger partial charge in [-0.2, -0.15) is 0 Å². The Balaban J connectivity index is 1.53. The molecular weight excluding hydrogens is 1010 g/mol. The van der Waals surface area contributed by atoms with Crippen LogP contribution < -0.4 is 14.2 Å². The van der Waals surface area contributed by atoms with E-state index in [2.05, 4.69) is 156 Å². The first-order chi connectivity index (χ1) is 36.3. The highest BCUT2D eigenvalue weighted by Gasteiger charge is 2.40. The predicted molar refractivity (Wildman–Crippen MR) is 327 cm³/mol. The molecule has 9 heteroatoms. The number of fused-ring (bicyclic) bond motifs is 10. The molecule has 0 saturated carbocycles. The van der Waals surface area contributed by atoms with Crippen molar-refractivity contribution >= 4 is 89.7 Å². The maximum Gasteiger partial charge on any atom is 0.348 e. The molecule has 6 nitrogen and oxygen atoms in total. The van der Waals surface area contributed by atoms with Gasteiger partial charge in [0.05, 0.1) is 28.2 Å². The van der Waals surface area contributed by atoms with Crippen LogP contribution in [0.1, 0.15) is 129 Å². The fourth-order valence-electron chi connectivity index (χ4n) is 9.30. The molecule has 8 bridgehead atoms. The van der Waals surface area contributed by atoms with Gasteiger partial charge in [-0.25, -0.2) is 4.79 Å². The van der Waals surface area contributed by atoms with Gasteiger partial charge in [0.25, 0.3) is 0 Å². The molecule has 0 aliphatic carbocycles. The third-order valence-corrected chi connectivity index (χ3v) is 17.5. The highest BCUT2D eigenvalue weighted by atomic mass is 32.1. The Bertz CT molecular complexity index is 3790. The Labute approximate surface area is 466 Å². The molecule has 1 N–H and O–H groups in total. The van der Waals surface area contributed by atoms with Crippen molar-refractivity contribution < 1.29 is 28.8 Å². The van der Waals surface area contributed by atoms with Gasteiger partial charge in [-0.15, -0.1) is 34.0 Å². The van der Waals surface area contributed by atoms with E-state index in [1.54, 1.807) is 25.4 Å². The van der Waals surface area contributed by atoms with Crippen LogP contribution in [0.5, 0.6) is 23.0 Å². The summed E-state index contributed by atoms with van der Waals surface area (Å²) in [5.74, 6) is 1.20. The SMILES string of the molecule is CO[C@](C)(C(=O)Oc1c2cc(C(C)(C)C)cc1sc1cc(C(C)(C)C)cc(c1O)c1cc(C(C)(C)C)cc(sc3cc(C(C)(C)C)cc(s2)c3OCc2ccccc2)c1OCc1ccccc1)c1cccc2ccccc12. The standard InChI is InChI=1S/C68H72O6S3/c1-64(2,3)45-32-50-51-33-46(65(4,5)6)35-54(60(51)72-40-42-24-17-15-18-25-42)76-55-36-47(66(7,8)9)37-56(61(55)73-41-43-26-19-16-20-27-43)77-58-39-48(67(10,11)12)38-57(75-53(34-45)59(50)69)62(58)74-63(70)68(13,71-14)52-31-23-29-44-28-21-22-30-49(44)52/h15-39,69H,40-41H2,1-14H3/t68-/m0/s1. The Morgan fingerprint density at radius 2 is 0.818 bits per heavy atom. The molecule has 77 heavy (non-hydrogen) atoms. The number of methoxy groups -OCH3 is 1. The number of phenols is 1. The van der Waals surface area contributed by atoms with Crippen LogP contribution in [0.25, 0.3) is 49.7 Å². The Morgan fingerprint density at radius 3 is 1.31 bits per heavy atom. The molecule has 9 aromatic rings. The molecule has 9 rings (SSSR count). The Hall–Kier alpha value is -6.49. The number of phenolic OH excluding ortho intramolecular Hbond substituents is 1.